The molecule has 3 rings (SSSR count). The maximum atomic E-state index is 14.2. The summed E-state index contributed by atoms with van der Waals surface area (Å²) < 4.78 is 89.1. The van der Waals surface area contributed by atoms with E-state index < -0.39 is 50.3 Å². The van der Waals surface area contributed by atoms with E-state index in [1.165, 1.54) is 0 Å². The normalized spacial score (nSPS) is 13.1. The molecule has 1 unspecified atom stereocenters. The summed E-state index contributed by atoms with van der Waals surface area (Å²) in [4.78, 5) is -2.15. The van der Waals surface area contributed by atoms with Gasteiger partial charge in [-0.2, -0.15) is 0 Å². The van der Waals surface area contributed by atoms with Gasteiger partial charge in [-0.05, 0) is 34.2 Å². The van der Waals surface area contributed by atoms with E-state index >= 15 is 0 Å². The molecule has 0 saturated heterocycles. The monoisotopic (exact) mass is 425 g/mol. The summed E-state index contributed by atoms with van der Waals surface area (Å²) in [5.74, 6) is -7.86. The Morgan fingerprint density at radius 2 is 1.45 bits per heavy atom. The van der Waals surface area contributed by atoms with Crippen molar-refractivity contribution in [3.63, 3.8) is 0 Å². The molecule has 1 atom stereocenters. The van der Waals surface area contributed by atoms with Gasteiger partial charge in [-0.1, -0.05) is 50.2 Å². The van der Waals surface area contributed by atoms with Gasteiger partial charge in [-0.25, -0.2) is 26.0 Å². The topological polar surface area (TPSA) is 57.2 Å². The number of rotatable bonds is 5. The Bertz CT molecular complexity index is 1180. The first kappa shape index (κ1) is 21.3. The van der Waals surface area contributed by atoms with E-state index in [4.69, 9.17) is 0 Å². The van der Waals surface area contributed by atoms with Crippen LogP contribution in [-0.2, 0) is 16.5 Å². The van der Waals surface area contributed by atoms with Gasteiger partial charge >= 0.3 is 0 Å². The predicted molar refractivity (Wildman–Crippen MR) is 99.7 cm³/mol. The zero-order chi connectivity index (χ0) is 21.5. The molecule has 154 valence electrons. The van der Waals surface area contributed by atoms with Crippen LogP contribution in [0.15, 0.2) is 41.3 Å². The average molecular weight is 425 g/mol. The maximum absolute atomic E-state index is 14.2. The molecule has 3 nitrogen and oxygen atoms in total. The van der Waals surface area contributed by atoms with Crippen molar-refractivity contribution in [1.29, 1.82) is 0 Å². The SMILES string of the molecule is CCC(C)c1ccc2cc(Cc3c(F)c(F)c(S(=O)(=O)[O-])c(F)c3F)ccc2c1. The second kappa shape index (κ2) is 7.76. The van der Waals surface area contributed by atoms with Crippen LogP contribution in [-0.4, -0.2) is 13.0 Å². The summed E-state index contributed by atoms with van der Waals surface area (Å²) in [5, 5.41) is 1.67. The standard InChI is InChI=1S/C21H18F4O3S/c1-3-11(2)13-6-7-14-8-12(4-5-15(14)10-13)9-16-17(22)19(24)21(29(26,27)28)20(25)18(16)23/h4-8,10-11H,3,9H2,1-2H3,(H,26,27,28)/p-1. The largest absolute Gasteiger partial charge is 0.744 e. The number of fused-ring (bicyclic) bond motifs is 1. The van der Waals surface area contributed by atoms with E-state index in [1.54, 1.807) is 18.2 Å². The molecular formula is C21H17F4O3S-. The summed E-state index contributed by atoms with van der Waals surface area (Å²) in [6.45, 7) is 4.17. The van der Waals surface area contributed by atoms with Crippen LogP contribution in [0.3, 0.4) is 0 Å². The molecule has 0 aliphatic rings. The lowest BCUT2D eigenvalue weighted by Gasteiger charge is -2.15. The molecule has 0 N–H and O–H groups in total. The summed E-state index contributed by atoms with van der Waals surface area (Å²) in [6.07, 6.45) is 0.447. The first-order valence-electron chi connectivity index (χ1n) is 8.87. The first-order valence-corrected chi connectivity index (χ1v) is 10.3. The Balaban J connectivity index is 2.05. The van der Waals surface area contributed by atoms with Crippen molar-refractivity contribution in [3.05, 3.63) is 76.4 Å². The van der Waals surface area contributed by atoms with Crippen molar-refractivity contribution in [1.82, 2.24) is 0 Å². The minimum absolute atomic E-state index is 0.364. The number of hydrogen-bond acceptors (Lipinski definition) is 3. The van der Waals surface area contributed by atoms with Crippen LogP contribution >= 0.6 is 0 Å². The zero-order valence-corrected chi connectivity index (χ0v) is 16.4. The fourth-order valence-electron chi connectivity index (χ4n) is 3.20. The van der Waals surface area contributed by atoms with Crippen molar-refractivity contribution in [3.8, 4) is 0 Å². The van der Waals surface area contributed by atoms with Gasteiger partial charge in [0, 0.05) is 12.0 Å². The molecule has 0 spiro atoms. The van der Waals surface area contributed by atoms with Crippen molar-refractivity contribution in [2.45, 2.75) is 37.5 Å². The zero-order valence-electron chi connectivity index (χ0n) is 15.6. The Kier molecular flexibility index (Phi) is 5.69. The molecular weight excluding hydrogens is 408 g/mol. The summed E-state index contributed by atoms with van der Waals surface area (Å²) in [5.41, 5.74) is 0.523. The lowest BCUT2D eigenvalue weighted by atomic mass is 9.94. The van der Waals surface area contributed by atoms with Gasteiger partial charge in [0.1, 0.15) is 15.0 Å². The third-order valence-corrected chi connectivity index (χ3v) is 5.91. The fraction of sp³-hybridized carbons (Fsp3) is 0.238. The highest BCUT2D eigenvalue weighted by Crippen LogP contribution is 2.30. The Labute approximate surface area is 165 Å². The quantitative estimate of drug-likeness (QED) is 0.312. The maximum Gasteiger partial charge on any atom is 0.179 e. The second-order valence-electron chi connectivity index (χ2n) is 6.94. The van der Waals surface area contributed by atoms with E-state index in [2.05, 4.69) is 13.8 Å². The minimum Gasteiger partial charge on any atom is -0.744 e. The highest BCUT2D eigenvalue weighted by Gasteiger charge is 2.28. The van der Waals surface area contributed by atoms with Crippen LogP contribution < -0.4 is 0 Å². The molecule has 3 aromatic carbocycles. The van der Waals surface area contributed by atoms with Crippen molar-refractivity contribution in [2.24, 2.45) is 0 Å². The van der Waals surface area contributed by atoms with Gasteiger partial charge in [0.15, 0.2) is 23.3 Å². The first-order chi connectivity index (χ1) is 13.5. The van der Waals surface area contributed by atoms with Gasteiger partial charge in [-0.3, -0.25) is 0 Å². The van der Waals surface area contributed by atoms with Crippen LogP contribution in [0.1, 0.15) is 42.9 Å². The fourth-order valence-corrected chi connectivity index (χ4v) is 3.82. The Morgan fingerprint density at radius 3 is 2.00 bits per heavy atom. The third kappa shape index (κ3) is 4.00. The molecule has 29 heavy (non-hydrogen) atoms. The predicted octanol–water partition coefficient (Wildman–Crippen LogP) is 5.40. The highest BCUT2D eigenvalue weighted by atomic mass is 32.2. The summed E-state index contributed by atoms with van der Waals surface area (Å²) in [6, 6.07) is 10.7. The van der Waals surface area contributed by atoms with Crippen LogP contribution in [0.4, 0.5) is 17.6 Å². The van der Waals surface area contributed by atoms with Gasteiger partial charge in [0.05, 0.1) is 0 Å². The minimum atomic E-state index is -5.72. The molecule has 0 fully saturated rings. The van der Waals surface area contributed by atoms with E-state index in [0.717, 1.165) is 22.8 Å². The Morgan fingerprint density at radius 1 is 0.897 bits per heavy atom. The van der Waals surface area contributed by atoms with Crippen LogP contribution in [0.2, 0.25) is 0 Å². The van der Waals surface area contributed by atoms with Crippen LogP contribution in [0, 0.1) is 23.3 Å². The smallest absolute Gasteiger partial charge is 0.179 e. The van der Waals surface area contributed by atoms with Gasteiger partial charge in [0.2, 0.25) is 0 Å². The van der Waals surface area contributed by atoms with E-state index in [1.807, 2.05) is 18.2 Å². The molecule has 0 aliphatic heterocycles. The van der Waals surface area contributed by atoms with Gasteiger partial charge in [-0.15, -0.1) is 0 Å². The van der Waals surface area contributed by atoms with Gasteiger partial charge < -0.3 is 4.55 Å². The molecule has 0 aliphatic carbocycles. The summed E-state index contributed by atoms with van der Waals surface area (Å²) >= 11 is 0. The molecule has 0 heterocycles. The van der Waals surface area contributed by atoms with Crippen molar-refractivity contribution < 1.29 is 30.5 Å². The van der Waals surface area contributed by atoms with Gasteiger partial charge in [0.25, 0.3) is 0 Å². The van der Waals surface area contributed by atoms with E-state index in [-0.39, 0.29) is 0 Å². The number of hydrogen-bond donors (Lipinski definition) is 0. The lowest BCUT2D eigenvalue weighted by molar-refractivity contribution is 0.391. The summed E-state index contributed by atoms with van der Waals surface area (Å²) in [7, 11) is -5.72. The third-order valence-electron chi connectivity index (χ3n) is 5.06. The molecule has 0 radical (unpaired) electrons. The molecule has 0 bridgehead atoms. The van der Waals surface area contributed by atoms with Crippen LogP contribution in [0.5, 0.6) is 0 Å². The number of benzene rings is 3. The molecule has 3 aromatic rings. The molecule has 8 heteroatoms. The molecule has 0 aromatic heterocycles. The van der Waals surface area contributed by atoms with Crippen LogP contribution in [0.25, 0.3) is 10.8 Å². The average Bonchev–Trinajstić information content (AvgIpc) is 2.67. The molecule has 0 amide bonds. The van der Waals surface area contributed by atoms with Crippen molar-refractivity contribution >= 4 is 20.9 Å². The Hall–Kier alpha value is -2.45. The molecule has 0 saturated carbocycles. The highest BCUT2D eigenvalue weighted by molar-refractivity contribution is 7.85. The number of halogens is 4. The van der Waals surface area contributed by atoms with E-state index in [9.17, 15) is 30.5 Å². The van der Waals surface area contributed by atoms with E-state index in [0.29, 0.717) is 11.5 Å². The van der Waals surface area contributed by atoms with Crippen molar-refractivity contribution in [2.75, 3.05) is 0 Å². The second-order valence-corrected chi connectivity index (χ2v) is 8.26. The lowest BCUT2D eigenvalue weighted by Crippen LogP contribution is -2.13.